The number of carbonyl (C=O) groups excluding carboxylic acids is 2. The minimum atomic E-state index is -1.12. The number of rotatable bonds is 8. The van der Waals surface area contributed by atoms with E-state index in [1.165, 1.54) is 24.3 Å². The van der Waals surface area contributed by atoms with Crippen LogP contribution in [0.1, 0.15) is 31.8 Å². The molecular weight excluding hydrogens is 637 g/mol. The van der Waals surface area contributed by atoms with Crippen LogP contribution in [0.3, 0.4) is 0 Å². The molecule has 0 aromatic heterocycles. The van der Waals surface area contributed by atoms with E-state index >= 15 is 0 Å². The average Bonchev–Trinajstić information content (AvgIpc) is 2.97. The Morgan fingerprint density at radius 3 is 1.00 bits per heavy atom. The minimum absolute atomic E-state index is 0.00674. The number of nitro benzene ring substituents is 4. The summed E-state index contributed by atoms with van der Waals surface area (Å²) in [6.45, 7) is 0. The molecule has 0 bridgehead atoms. The quantitative estimate of drug-likeness (QED) is 0.108. The Morgan fingerprint density at radius 1 is 0.477 bits per heavy atom. The van der Waals surface area contributed by atoms with Gasteiger partial charge in [-0.25, -0.2) is 0 Å². The molecule has 0 heterocycles. The van der Waals surface area contributed by atoms with Gasteiger partial charge < -0.3 is 0 Å². The molecule has 14 nitrogen and oxygen atoms in total. The highest BCUT2D eigenvalue weighted by Crippen LogP contribution is 2.29. The van der Waals surface area contributed by atoms with Crippen LogP contribution in [0.5, 0.6) is 0 Å². The number of ketones is 2. The molecule has 0 amide bonds. The number of benzene rings is 4. The van der Waals surface area contributed by atoms with E-state index in [2.05, 4.69) is 0 Å². The van der Waals surface area contributed by atoms with E-state index in [9.17, 15) is 58.8 Å². The maximum atomic E-state index is 13.2. The van der Waals surface area contributed by atoms with Gasteiger partial charge in [-0.05, 0) is 48.5 Å². The second kappa shape index (κ2) is 13.5. The zero-order chi connectivity index (χ0) is 32.9. The van der Waals surface area contributed by atoms with Gasteiger partial charge in [0.25, 0.3) is 11.4 Å². The first-order valence-electron chi connectivity index (χ1n) is 11.5. The topological polar surface area (TPSA) is 207 Å². The lowest BCUT2D eigenvalue weighted by atomic mass is 10.0. The lowest BCUT2D eigenvalue weighted by Gasteiger charge is -2.03. The van der Waals surface area contributed by atoms with Crippen molar-refractivity contribution in [1.29, 1.82) is 0 Å². The predicted octanol–water partition coefficient (Wildman–Crippen LogP) is 7.05. The highest BCUT2D eigenvalue weighted by Gasteiger charge is 2.23. The molecule has 44 heavy (non-hydrogen) atoms. The van der Waals surface area contributed by atoms with Crippen molar-refractivity contribution in [3.63, 3.8) is 0 Å². The molecule has 0 aliphatic carbocycles. The van der Waals surface area contributed by atoms with Gasteiger partial charge in [-0.2, -0.15) is 8.78 Å². The third-order valence-electron chi connectivity index (χ3n) is 5.62. The molecule has 0 N–H and O–H groups in total. The molecular formula is C26H12Cl2F2N4O10. The Hall–Kier alpha value is -5.74. The van der Waals surface area contributed by atoms with Crippen molar-refractivity contribution >= 4 is 57.5 Å². The van der Waals surface area contributed by atoms with Crippen molar-refractivity contribution in [2.45, 2.75) is 0 Å². The van der Waals surface area contributed by atoms with Gasteiger partial charge in [0.2, 0.25) is 11.6 Å². The number of nitrogens with zero attached hydrogens (tertiary/aromatic N) is 4. The van der Waals surface area contributed by atoms with E-state index in [1.807, 2.05) is 0 Å². The Morgan fingerprint density at radius 2 is 0.727 bits per heavy atom. The first-order chi connectivity index (χ1) is 20.6. The van der Waals surface area contributed by atoms with Crippen LogP contribution in [0.25, 0.3) is 0 Å². The van der Waals surface area contributed by atoms with Crippen molar-refractivity contribution in [1.82, 2.24) is 0 Å². The lowest BCUT2D eigenvalue weighted by Crippen LogP contribution is -2.05. The van der Waals surface area contributed by atoms with Gasteiger partial charge in [0.1, 0.15) is 10.0 Å². The second-order valence-electron chi connectivity index (χ2n) is 8.35. The van der Waals surface area contributed by atoms with Crippen molar-refractivity contribution in [3.8, 4) is 0 Å². The Balaban J connectivity index is 0.000000240. The number of hydrogen-bond donors (Lipinski definition) is 0. The normalized spacial score (nSPS) is 10.3. The fourth-order valence-electron chi connectivity index (χ4n) is 3.51. The lowest BCUT2D eigenvalue weighted by molar-refractivity contribution is -0.387. The Kier molecular flexibility index (Phi) is 10.0. The maximum absolute atomic E-state index is 13.2. The summed E-state index contributed by atoms with van der Waals surface area (Å²) in [5.41, 5.74) is -3.14. The highest BCUT2D eigenvalue weighted by atomic mass is 35.5. The maximum Gasteiger partial charge on any atom is 0.305 e. The average molecular weight is 649 g/mol. The van der Waals surface area contributed by atoms with E-state index in [1.54, 1.807) is 0 Å². The summed E-state index contributed by atoms with van der Waals surface area (Å²) in [5, 5.41) is 42.7. The largest absolute Gasteiger partial charge is 0.305 e. The van der Waals surface area contributed by atoms with Crippen molar-refractivity contribution < 1.29 is 38.1 Å². The van der Waals surface area contributed by atoms with E-state index in [-0.39, 0.29) is 32.3 Å². The van der Waals surface area contributed by atoms with Gasteiger partial charge in [0, 0.05) is 46.5 Å². The number of carbonyl (C=O) groups is 2. The summed E-state index contributed by atoms with van der Waals surface area (Å²) in [5.74, 6) is -3.68. The molecule has 0 fully saturated rings. The first-order valence-corrected chi connectivity index (χ1v) is 12.2. The molecule has 18 heteroatoms. The molecule has 0 saturated heterocycles. The summed E-state index contributed by atoms with van der Waals surface area (Å²) >= 11 is 11.3. The summed E-state index contributed by atoms with van der Waals surface area (Å²) < 4.78 is 26.4. The van der Waals surface area contributed by atoms with Crippen LogP contribution in [0.4, 0.5) is 31.5 Å². The zero-order valence-corrected chi connectivity index (χ0v) is 22.8. The van der Waals surface area contributed by atoms with Gasteiger partial charge in [-0.1, -0.05) is 23.2 Å². The van der Waals surface area contributed by atoms with Crippen LogP contribution >= 0.6 is 23.2 Å². The van der Waals surface area contributed by atoms with E-state index in [4.69, 9.17) is 23.2 Å². The van der Waals surface area contributed by atoms with Crippen LogP contribution in [0.15, 0.2) is 72.8 Å². The van der Waals surface area contributed by atoms with E-state index in [0.717, 1.165) is 36.4 Å². The second-order valence-corrected chi connectivity index (χ2v) is 9.17. The third-order valence-corrected chi connectivity index (χ3v) is 6.26. The zero-order valence-electron chi connectivity index (χ0n) is 21.3. The minimum Gasteiger partial charge on any atom is -0.289 e. The standard InChI is InChI=1S/C13H6Cl2N2O5.C13H6F2N2O5/c2*14-9-3-1-7(5-11(9)16(19)20)13(18)8-2-4-10(15)12(6-8)17(21)22/h2*1-6H. The van der Waals surface area contributed by atoms with Crippen LogP contribution in [0.2, 0.25) is 10.0 Å². The Labute approximate surface area is 252 Å². The van der Waals surface area contributed by atoms with Crippen molar-refractivity contribution in [2.24, 2.45) is 0 Å². The highest BCUT2D eigenvalue weighted by molar-refractivity contribution is 6.33. The van der Waals surface area contributed by atoms with Gasteiger partial charge >= 0.3 is 11.4 Å². The summed E-state index contributed by atoms with van der Waals surface area (Å²) in [6, 6.07) is 12.0. The molecule has 4 aromatic rings. The van der Waals surface area contributed by atoms with Gasteiger partial charge in [0.15, 0.2) is 11.6 Å². The monoisotopic (exact) mass is 648 g/mol. The molecule has 0 saturated carbocycles. The fraction of sp³-hybridized carbons (Fsp3) is 0. The van der Waals surface area contributed by atoms with Crippen LogP contribution in [-0.4, -0.2) is 31.3 Å². The van der Waals surface area contributed by atoms with Crippen LogP contribution in [0, 0.1) is 52.1 Å². The van der Waals surface area contributed by atoms with Crippen molar-refractivity contribution in [3.05, 3.63) is 157 Å². The van der Waals surface area contributed by atoms with E-state index in [0.29, 0.717) is 12.1 Å². The molecule has 4 rings (SSSR count). The fourth-order valence-corrected chi connectivity index (χ4v) is 3.88. The summed E-state index contributed by atoms with van der Waals surface area (Å²) in [7, 11) is 0. The Bertz CT molecular complexity index is 1620. The predicted molar refractivity (Wildman–Crippen MR) is 149 cm³/mol. The molecule has 0 aliphatic heterocycles. The van der Waals surface area contributed by atoms with Crippen LogP contribution < -0.4 is 0 Å². The molecule has 224 valence electrons. The number of hydrogen-bond acceptors (Lipinski definition) is 10. The summed E-state index contributed by atoms with van der Waals surface area (Å²) in [6.07, 6.45) is 0. The SMILES string of the molecule is O=C(c1ccc(Cl)c([N+](=O)[O-])c1)c1ccc(Cl)c([N+](=O)[O-])c1.O=C(c1ccc(F)c([N+](=O)[O-])c1)c1ccc(F)c([N+](=O)[O-])c1. The first kappa shape index (κ1) is 32.8. The number of halogens is 4. The van der Waals surface area contributed by atoms with Crippen molar-refractivity contribution in [2.75, 3.05) is 0 Å². The third kappa shape index (κ3) is 7.36. The van der Waals surface area contributed by atoms with Gasteiger partial charge in [-0.15, -0.1) is 0 Å². The van der Waals surface area contributed by atoms with Gasteiger partial charge in [-0.3, -0.25) is 50.0 Å². The molecule has 0 aliphatic rings. The molecule has 0 spiro atoms. The smallest absolute Gasteiger partial charge is 0.289 e. The molecule has 4 aromatic carbocycles. The molecule has 0 atom stereocenters. The molecule has 0 unspecified atom stereocenters. The van der Waals surface area contributed by atoms with E-state index < -0.39 is 65.6 Å². The molecule has 0 radical (unpaired) electrons. The van der Waals surface area contributed by atoms with Gasteiger partial charge in [0.05, 0.1) is 19.7 Å². The summed E-state index contributed by atoms with van der Waals surface area (Å²) in [4.78, 5) is 63.9. The van der Waals surface area contributed by atoms with Crippen LogP contribution in [-0.2, 0) is 0 Å². The number of nitro groups is 4.